The highest BCUT2D eigenvalue weighted by Crippen LogP contribution is 2.28. The molecule has 0 atom stereocenters. The van der Waals surface area contributed by atoms with Crippen LogP contribution in [0.15, 0.2) is 12.3 Å². The highest BCUT2D eigenvalue weighted by atomic mass is 16.5. The number of piperidine rings is 1. The average molecular weight is 346 g/mol. The Kier molecular flexibility index (Phi) is 5.89. The molecule has 6 nitrogen and oxygen atoms in total. The number of fused-ring (bicyclic) bond motifs is 1. The predicted molar refractivity (Wildman–Crippen MR) is 92.3 cm³/mol. The number of aryl methyl sites for hydroxylation is 1. The van der Waals surface area contributed by atoms with E-state index >= 15 is 0 Å². The summed E-state index contributed by atoms with van der Waals surface area (Å²) in [5.41, 5.74) is 2.26. The molecule has 0 spiro atoms. The summed E-state index contributed by atoms with van der Waals surface area (Å²) >= 11 is 0. The van der Waals surface area contributed by atoms with Crippen molar-refractivity contribution in [3.05, 3.63) is 23.5 Å². The maximum atomic E-state index is 12.4. The lowest BCUT2D eigenvalue weighted by molar-refractivity contribution is -0.151. The smallest absolute Gasteiger partial charge is 0.309 e. The molecule has 1 fully saturated rings. The third kappa shape index (κ3) is 4.30. The van der Waals surface area contributed by atoms with Crippen molar-refractivity contribution in [2.45, 2.75) is 45.4 Å². The first-order valence-electron chi connectivity index (χ1n) is 9.23. The van der Waals surface area contributed by atoms with Crippen LogP contribution in [0.3, 0.4) is 0 Å². The Morgan fingerprint density at radius 2 is 2.00 bits per heavy atom. The highest BCUT2D eigenvalue weighted by molar-refractivity contribution is 5.78. The van der Waals surface area contributed by atoms with E-state index < -0.39 is 0 Å². The Bertz CT molecular complexity index is 624. The first-order chi connectivity index (χ1) is 12.2. The number of hydrogen-bond donors (Lipinski definition) is 0. The number of likely N-dealkylation sites (tertiary alicyclic amines) is 1. The molecule has 1 amide bonds. The molecule has 1 aliphatic heterocycles. The zero-order valence-electron chi connectivity index (χ0n) is 14.8. The molecule has 0 radical (unpaired) electrons. The van der Waals surface area contributed by atoms with Crippen molar-refractivity contribution >= 4 is 11.9 Å². The van der Waals surface area contributed by atoms with Crippen LogP contribution in [0.1, 0.15) is 43.9 Å². The summed E-state index contributed by atoms with van der Waals surface area (Å²) in [6, 6.07) is 1.85. The quantitative estimate of drug-likeness (QED) is 0.764. The minimum Gasteiger partial charge on any atom is -0.483 e. The number of hydrogen-bond acceptors (Lipinski definition) is 5. The largest absolute Gasteiger partial charge is 0.483 e. The summed E-state index contributed by atoms with van der Waals surface area (Å²) in [5, 5.41) is 0. The number of rotatable bonds is 5. The minimum absolute atomic E-state index is 0.0244. The summed E-state index contributed by atoms with van der Waals surface area (Å²) < 4.78 is 10.9. The number of esters is 1. The molecule has 2 aliphatic rings. The molecule has 6 heteroatoms. The van der Waals surface area contributed by atoms with Crippen molar-refractivity contribution < 1.29 is 19.1 Å². The maximum absolute atomic E-state index is 12.4. The molecular formula is C19H26N2O4. The SMILES string of the molecule is CCOC(=O)C1CCN(C(=O)COc2ccnc3c2CCCC3)CC1. The number of aromatic nitrogens is 1. The lowest BCUT2D eigenvalue weighted by atomic mass is 9.95. The first kappa shape index (κ1) is 17.7. The molecule has 1 saturated heterocycles. The van der Waals surface area contributed by atoms with Crippen molar-refractivity contribution in [3.8, 4) is 5.75 Å². The Labute approximate surface area is 148 Å². The normalized spacial score (nSPS) is 17.7. The van der Waals surface area contributed by atoms with E-state index in [1.165, 1.54) is 0 Å². The van der Waals surface area contributed by atoms with Crippen molar-refractivity contribution in [1.82, 2.24) is 9.88 Å². The minimum atomic E-state index is -0.144. The first-order valence-corrected chi connectivity index (χ1v) is 9.23. The zero-order valence-corrected chi connectivity index (χ0v) is 14.8. The van der Waals surface area contributed by atoms with Gasteiger partial charge in [-0.3, -0.25) is 14.6 Å². The zero-order chi connectivity index (χ0) is 17.6. The maximum Gasteiger partial charge on any atom is 0.309 e. The second-order valence-electron chi connectivity index (χ2n) is 6.64. The monoisotopic (exact) mass is 346 g/mol. The number of carbonyl (C=O) groups excluding carboxylic acids is 2. The summed E-state index contributed by atoms with van der Waals surface area (Å²) in [7, 11) is 0. The van der Waals surface area contributed by atoms with E-state index in [0.29, 0.717) is 32.5 Å². The molecule has 25 heavy (non-hydrogen) atoms. The summed E-state index contributed by atoms with van der Waals surface area (Å²) in [4.78, 5) is 30.4. The van der Waals surface area contributed by atoms with E-state index in [1.54, 1.807) is 11.1 Å². The van der Waals surface area contributed by atoms with Gasteiger partial charge < -0.3 is 14.4 Å². The van der Waals surface area contributed by atoms with Gasteiger partial charge >= 0.3 is 5.97 Å². The van der Waals surface area contributed by atoms with Crippen LogP contribution in [0, 0.1) is 5.92 Å². The van der Waals surface area contributed by atoms with Gasteiger partial charge in [0, 0.05) is 30.5 Å². The van der Waals surface area contributed by atoms with Crippen LogP contribution in [0.2, 0.25) is 0 Å². The van der Waals surface area contributed by atoms with Gasteiger partial charge in [-0.05, 0) is 51.5 Å². The fourth-order valence-corrected chi connectivity index (χ4v) is 3.58. The van der Waals surface area contributed by atoms with Gasteiger partial charge in [-0.25, -0.2) is 0 Å². The van der Waals surface area contributed by atoms with Crippen molar-refractivity contribution in [2.24, 2.45) is 5.92 Å². The topological polar surface area (TPSA) is 68.7 Å². The van der Waals surface area contributed by atoms with E-state index in [4.69, 9.17) is 9.47 Å². The predicted octanol–water partition coefficient (Wildman–Crippen LogP) is 2.14. The molecule has 1 aromatic rings. The van der Waals surface area contributed by atoms with E-state index in [9.17, 15) is 9.59 Å². The van der Waals surface area contributed by atoms with Crippen LogP contribution in [0.5, 0.6) is 5.75 Å². The van der Waals surface area contributed by atoms with Gasteiger partial charge in [0.15, 0.2) is 6.61 Å². The van der Waals surface area contributed by atoms with Crippen molar-refractivity contribution in [3.63, 3.8) is 0 Å². The molecule has 136 valence electrons. The third-order valence-corrected chi connectivity index (χ3v) is 5.01. The van der Waals surface area contributed by atoms with E-state index in [1.807, 2.05) is 13.0 Å². The van der Waals surface area contributed by atoms with Crippen LogP contribution in [-0.2, 0) is 27.2 Å². The lowest BCUT2D eigenvalue weighted by Crippen LogP contribution is -2.42. The van der Waals surface area contributed by atoms with E-state index in [0.717, 1.165) is 42.7 Å². The molecule has 3 rings (SSSR count). The Balaban J connectivity index is 1.50. The molecular weight excluding hydrogens is 320 g/mol. The molecule has 1 aromatic heterocycles. The fourth-order valence-electron chi connectivity index (χ4n) is 3.58. The molecule has 0 N–H and O–H groups in total. The van der Waals surface area contributed by atoms with Gasteiger partial charge in [-0.2, -0.15) is 0 Å². The molecule has 2 heterocycles. The van der Waals surface area contributed by atoms with Crippen molar-refractivity contribution in [1.29, 1.82) is 0 Å². The van der Waals surface area contributed by atoms with Crippen LogP contribution >= 0.6 is 0 Å². The Morgan fingerprint density at radius 1 is 1.24 bits per heavy atom. The average Bonchev–Trinajstić information content (AvgIpc) is 2.66. The van der Waals surface area contributed by atoms with Gasteiger partial charge in [0.1, 0.15) is 5.75 Å². The standard InChI is InChI=1S/C19H26N2O4/c1-2-24-19(23)14-8-11-21(12-9-14)18(22)13-25-17-7-10-20-16-6-4-3-5-15(16)17/h7,10,14H,2-6,8-9,11-13H2,1H3. The van der Waals surface area contributed by atoms with Gasteiger partial charge in [0.05, 0.1) is 12.5 Å². The van der Waals surface area contributed by atoms with Crippen molar-refractivity contribution in [2.75, 3.05) is 26.3 Å². The number of carbonyl (C=O) groups is 2. The third-order valence-electron chi connectivity index (χ3n) is 5.01. The van der Waals surface area contributed by atoms with Gasteiger partial charge in [-0.15, -0.1) is 0 Å². The number of nitrogens with zero attached hydrogens (tertiary/aromatic N) is 2. The molecule has 0 unspecified atom stereocenters. The second kappa shape index (κ2) is 8.32. The molecule has 1 aliphatic carbocycles. The van der Waals surface area contributed by atoms with Gasteiger partial charge in [0.2, 0.25) is 0 Å². The fraction of sp³-hybridized carbons (Fsp3) is 0.632. The summed E-state index contributed by atoms with van der Waals surface area (Å²) in [6.07, 6.45) is 7.35. The van der Waals surface area contributed by atoms with Crippen LogP contribution in [-0.4, -0.2) is 48.1 Å². The number of amides is 1. The Hall–Kier alpha value is -2.11. The number of ether oxygens (including phenoxy) is 2. The van der Waals surface area contributed by atoms with Gasteiger partial charge in [0.25, 0.3) is 5.91 Å². The molecule has 0 saturated carbocycles. The Morgan fingerprint density at radius 3 is 2.76 bits per heavy atom. The molecule has 0 aromatic carbocycles. The highest BCUT2D eigenvalue weighted by Gasteiger charge is 2.28. The van der Waals surface area contributed by atoms with E-state index in [-0.39, 0.29) is 24.4 Å². The van der Waals surface area contributed by atoms with Crippen LogP contribution in [0.25, 0.3) is 0 Å². The summed E-state index contributed by atoms with van der Waals surface area (Å²) in [6.45, 7) is 3.43. The van der Waals surface area contributed by atoms with Gasteiger partial charge in [-0.1, -0.05) is 0 Å². The lowest BCUT2D eigenvalue weighted by Gasteiger charge is -2.31. The summed E-state index contributed by atoms with van der Waals surface area (Å²) in [5.74, 6) is 0.537. The second-order valence-corrected chi connectivity index (χ2v) is 6.64. The van der Waals surface area contributed by atoms with E-state index in [2.05, 4.69) is 4.98 Å². The molecule has 0 bridgehead atoms. The van der Waals surface area contributed by atoms with Crippen LogP contribution in [0.4, 0.5) is 0 Å². The number of pyridine rings is 1. The van der Waals surface area contributed by atoms with Crippen LogP contribution < -0.4 is 4.74 Å².